The Bertz CT molecular complexity index is 756. The lowest BCUT2D eigenvalue weighted by Crippen LogP contribution is -2.39. The van der Waals surface area contributed by atoms with Crippen LogP contribution in [0.3, 0.4) is 0 Å². The Morgan fingerprint density at radius 1 is 1.31 bits per heavy atom. The lowest BCUT2D eigenvalue weighted by atomic mass is 10.1. The number of nitrogens with zero attached hydrogens (tertiary/aromatic N) is 4. The lowest BCUT2D eigenvalue weighted by molar-refractivity contribution is 0.663. The molecule has 0 spiro atoms. The maximum Gasteiger partial charge on any atom is 0.192 e. The number of benzene rings is 1. The predicted octanol–water partition coefficient (Wildman–Crippen LogP) is 4.03. The zero-order valence-corrected chi connectivity index (χ0v) is 17.2. The van der Waals surface area contributed by atoms with Gasteiger partial charge in [0, 0.05) is 23.6 Å². The highest BCUT2D eigenvalue weighted by atomic mass is 35.5. The van der Waals surface area contributed by atoms with Crippen LogP contribution in [-0.4, -0.2) is 27.3 Å². The highest BCUT2D eigenvalue weighted by Crippen LogP contribution is 2.26. The minimum Gasteiger partial charge on any atom is -0.356 e. The average molecular weight is 397 g/mol. The molecule has 6 nitrogen and oxygen atoms in total. The Morgan fingerprint density at radius 2 is 2.08 bits per heavy atom. The quantitative estimate of drug-likeness (QED) is 0.421. The third-order valence-electron chi connectivity index (χ3n) is 4.17. The van der Waals surface area contributed by atoms with Crippen LogP contribution < -0.4 is 10.6 Å². The Morgan fingerprint density at radius 3 is 2.69 bits per heavy atom. The van der Waals surface area contributed by atoms with Crippen molar-refractivity contribution in [1.82, 2.24) is 25.4 Å². The first-order valence-electron chi connectivity index (χ1n) is 8.77. The monoisotopic (exact) mass is 396 g/mol. The highest BCUT2D eigenvalue weighted by Gasteiger charge is 2.12. The molecule has 1 aromatic heterocycles. The van der Waals surface area contributed by atoms with Crippen molar-refractivity contribution in [3.63, 3.8) is 0 Å². The van der Waals surface area contributed by atoms with Gasteiger partial charge in [-0.15, -0.1) is 10.2 Å². The van der Waals surface area contributed by atoms with Crippen LogP contribution in [0.15, 0.2) is 23.2 Å². The molecule has 2 aromatic rings. The van der Waals surface area contributed by atoms with Crippen molar-refractivity contribution >= 4 is 29.2 Å². The molecular weight excluding hydrogens is 371 g/mol. The first-order chi connectivity index (χ1) is 12.4. The van der Waals surface area contributed by atoms with Gasteiger partial charge in [0.05, 0.1) is 6.04 Å². The topological polar surface area (TPSA) is 67.1 Å². The first-order valence-corrected chi connectivity index (χ1v) is 9.52. The van der Waals surface area contributed by atoms with E-state index >= 15 is 0 Å². The molecule has 0 saturated carbocycles. The summed E-state index contributed by atoms with van der Waals surface area (Å²) >= 11 is 12.3. The summed E-state index contributed by atoms with van der Waals surface area (Å²) in [5.41, 5.74) is 0.968. The number of nitrogens with one attached hydrogen (secondary N) is 2. The summed E-state index contributed by atoms with van der Waals surface area (Å²) in [6.45, 7) is 7.41. The molecule has 0 fully saturated rings. The van der Waals surface area contributed by atoms with Crippen molar-refractivity contribution in [1.29, 1.82) is 0 Å². The molecule has 1 unspecified atom stereocenters. The fourth-order valence-electron chi connectivity index (χ4n) is 2.41. The molecule has 0 amide bonds. The SMILES string of the molecule is CCCCNC(=NCc1nnc(C)n1C)NC(C)c1ccc(Cl)cc1Cl. The zero-order valence-electron chi connectivity index (χ0n) is 15.7. The van der Waals surface area contributed by atoms with Gasteiger partial charge in [-0.1, -0.05) is 42.6 Å². The molecule has 26 heavy (non-hydrogen) atoms. The van der Waals surface area contributed by atoms with E-state index in [1.807, 2.05) is 37.6 Å². The number of halogens is 2. The van der Waals surface area contributed by atoms with Crippen molar-refractivity contribution < 1.29 is 0 Å². The molecule has 0 aliphatic rings. The normalized spacial score (nSPS) is 12.9. The van der Waals surface area contributed by atoms with Gasteiger partial charge in [-0.25, -0.2) is 4.99 Å². The molecule has 0 radical (unpaired) electrons. The molecule has 1 heterocycles. The van der Waals surface area contributed by atoms with Gasteiger partial charge in [0.2, 0.25) is 0 Å². The minimum absolute atomic E-state index is 0.0196. The minimum atomic E-state index is -0.0196. The number of aliphatic imine (C=N–C) groups is 1. The third-order valence-corrected chi connectivity index (χ3v) is 4.73. The molecule has 0 bridgehead atoms. The van der Waals surface area contributed by atoms with E-state index in [0.29, 0.717) is 16.6 Å². The number of hydrogen-bond acceptors (Lipinski definition) is 3. The van der Waals surface area contributed by atoms with E-state index in [2.05, 4.69) is 32.7 Å². The molecule has 1 atom stereocenters. The van der Waals surface area contributed by atoms with E-state index in [1.165, 1.54) is 0 Å². The summed E-state index contributed by atoms with van der Waals surface area (Å²) in [4.78, 5) is 4.65. The van der Waals surface area contributed by atoms with Crippen LogP contribution in [0.2, 0.25) is 10.0 Å². The summed E-state index contributed by atoms with van der Waals surface area (Å²) in [5, 5.41) is 16.3. The molecule has 142 valence electrons. The van der Waals surface area contributed by atoms with Gasteiger partial charge in [-0.05, 0) is 38.0 Å². The third kappa shape index (κ3) is 5.61. The van der Waals surface area contributed by atoms with E-state index in [4.69, 9.17) is 23.2 Å². The Balaban J connectivity index is 2.12. The van der Waals surface area contributed by atoms with Crippen LogP contribution in [0.1, 0.15) is 49.9 Å². The molecule has 1 aromatic carbocycles. The largest absolute Gasteiger partial charge is 0.356 e. The number of aromatic nitrogens is 3. The second-order valence-electron chi connectivity index (χ2n) is 6.20. The van der Waals surface area contributed by atoms with Crippen LogP contribution >= 0.6 is 23.2 Å². The van der Waals surface area contributed by atoms with Crippen LogP contribution in [0.25, 0.3) is 0 Å². The number of rotatable bonds is 7. The Hall–Kier alpha value is -1.79. The highest BCUT2D eigenvalue weighted by molar-refractivity contribution is 6.35. The van der Waals surface area contributed by atoms with E-state index in [1.54, 1.807) is 6.07 Å². The van der Waals surface area contributed by atoms with Crippen molar-refractivity contribution in [3.05, 3.63) is 45.5 Å². The van der Waals surface area contributed by atoms with Crippen LogP contribution in [0.5, 0.6) is 0 Å². The van der Waals surface area contributed by atoms with E-state index in [9.17, 15) is 0 Å². The predicted molar refractivity (Wildman–Crippen MR) is 108 cm³/mol. The van der Waals surface area contributed by atoms with Gasteiger partial charge < -0.3 is 15.2 Å². The smallest absolute Gasteiger partial charge is 0.192 e. The summed E-state index contributed by atoms with van der Waals surface area (Å²) < 4.78 is 1.94. The molecule has 8 heteroatoms. The van der Waals surface area contributed by atoms with E-state index in [0.717, 1.165) is 42.6 Å². The number of unbranched alkanes of at least 4 members (excludes halogenated alkanes) is 1. The number of hydrogen-bond donors (Lipinski definition) is 2. The maximum atomic E-state index is 6.32. The molecule has 0 aliphatic heterocycles. The van der Waals surface area contributed by atoms with Crippen molar-refractivity contribution in [3.8, 4) is 0 Å². The summed E-state index contributed by atoms with van der Waals surface area (Å²) in [6.07, 6.45) is 2.18. The number of aryl methyl sites for hydroxylation is 1. The Kier molecular flexibility index (Phi) is 7.72. The van der Waals surface area contributed by atoms with E-state index < -0.39 is 0 Å². The van der Waals surface area contributed by atoms with Crippen LogP contribution in [-0.2, 0) is 13.6 Å². The van der Waals surface area contributed by atoms with Gasteiger partial charge in [0.25, 0.3) is 0 Å². The second-order valence-corrected chi connectivity index (χ2v) is 7.04. The van der Waals surface area contributed by atoms with Gasteiger partial charge >= 0.3 is 0 Å². The summed E-state index contributed by atoms with van der Waals surface area (Å²) in [5.74, 6) is 2.40. The van der Waals surface area contributed by atoms with Crippen molar-refractivity contribution in [2.24, 2.45) is 12.0 Å². The van der Waals surface area contributed by atoms with Crippen molar-refractivity contribution in [2.45, 2.75) is 46.2 Å². The fraction of sp³-hybridized carbons (Fsp3) is 0.500. The summed E-state index contributed by atoms with van der Waals surface area (Å²) in [6, 6.07) is 5.50. The van der Waals surface area contributed by atoms with Gasteiger partial charge in [0.15, 0.2) is 11.8 Å². The average Bonchev–Trinajstić information content (AvgIpc) is 2.91. The standard InChI is InChI=1S/C18H26Cl2N6/c1-5-6-9-21-18(22-11-17-25-24-13(3)26(17)4)23-12(2)15-8-7-14(19)10-16(15)20/h7-8,10,12H,5-6,9,11H2,1-4H3,(H2,21,22,23). The van der Waals surface area contributed by atoms with Crippen LogP contribution in [0.4, 0.5) is 0 Å². The lowest BCUT2D eigenvalue weighted by Gasteiger charge is -2.19. The summed E-state index contributed by atoms with van der Waals surface area (Å²) in [7, 11) is 1.94. The first kappa shape index (κ1) is 20.5. The number of guanidine groups is 1. The van der Waals surface area contributed by atoms with Crippen LogP contribution in [0, 0.1) is 6.92 Å². The molecule has 2 rings (SSSR count). The maximum absolute atomic E-state index is 6.32. The molecule has 0 aliphatic carbocycles. The van der Waals surface area contributed by atoms with Gasteiger partial charge in [0.1, 0.15) is 12.4 Å². The molecular formula is C18H26Cl2N6. The van der Waals surface area contributed by atoms with Gasteiger partial charge in [-0.3, -0.25) is 0 Å². The van der Waals surface area contributed by atoms with Gasteiger partial charge in [-0.2, -0.15) is 0 Å². The van der Waals surface area contributed by atoms with Crippen molar-refractivity contribution in [2.75, 3.05) is 6.54 Å². The van der Waals surface area contributed by atoms with E-state index in [-0.39, 0.29) is 6.04 Å². The second kappa shape index (κ2) is 9.78. The fourth-order valence-corrected chi connectivity index (χ4v) is 2.98. The molecule has 2 N–H and O–H groups in total. The zero-order chi connectivity index (χ0) is 19.1. The molecule has 0 saturated heterocycles. The Labute approximate surface area is 165 Å².